The molecule has 0 unspecified atom stereocenters. The number of hydrogen-bond acceptors (Lipinski definition) is 4. The summed E-state index contributed by atoms with van der Waals surface area (Å²) in [5, 5.41) is 0. The second kappa shape index (κ2) is 3.64. The fourth-order valence-corrected chi connectivity index (χ4v) is 0.870. The fraction of sp³-hybridized carbons (Fsp3) is 0.143. The monoisotopic (exact) mass is 221 g/mol. The van der Waals surface area contributed by atoms with Crippen LogP contribution in [0.2, 0.25) is 0 Å². The normalized spacial score (nSPS) is 11.1. The third-order valence-corrected chi connectivity index (χ3v) is 1.41. The molecular weight excluding hydrogens is 215 g/mol. The topological polar surface area (TPSA) is 91.2 Å². The number of carbonyl (C=O) groups excluding carboxylic acids is 1. The van der Waals surface area contributed by atoms with Gasteiger partial charge >= 0.3 is 6.36 Å². The smallest absolute Gasteiger partial charge is 0.403 e. The number of amides is 1. The molecule has 4 N–H and O–H groups in total. The van der Waals surface area contributed by atoms with Gasteiger partial charge in [0, 0.05) is 6.20 Å². The van der Waals surface area contributed by atoms with Gasteiger partial charge in [-0.1, -0.05) is 0 Å². The van der Waals surface area contributed by atoms with E-state index in [1.165, 1.54) is 0 Å². The second-order valence-electron chi connectivity index (χ2n) is 2.52. The highest BCUT2D eigenvalue weighted by molar-refractivity contribution is 5.96. The highest BCUT2D eigenvalue weighted by Crippen LogP contribution is 2.30. The van der Waals surface area contributed by atoms with Crippen LogP contribution < -0.4 is 16.2 Å². The van der Waals surface area contributed by atoms with Crippen LogP contribution in [-0.4, -0.2) is 17.3 Å². The Balaban J connectivity index is 3.19. The van der Waals surface area contributed by atoms with Crippen LogP contribution in [0.15, 0.2) is 12.4 Å². The van der Waals surface area contributed by atoms with Gasteiger partial charge in [0.15, 0.2) is 5.75 Å². The van der Waals surface area contributed by atoms with Crippen LogP contribution in [-0.2, 0) is 0 Å². The van der Waals surface area contributed by atoms with Crippen molar-refractivity contribution in [3.8, 4) is 5.75 Å². The predicted molar refractivity (Wildman–Crippen MR) is 43.9 cm³/mol. The fourth-order valence-electron chi connectivity index (χ4n) is 0.870. The summed E-state index contributed by atoms with van der Waals surface area (Å²) in [6.07, 6.45) is -3.17. The number of hydrogen-bond donors (Lipinski definition) is 2. The Bertz CT molecular complexity index is 392. The summed E-state index contributed by atoms with van der Waals surface area (Å²) in [5.74, 6) is -1.93. The Morgan fingerprint density at radius 3 is 2.47 bits per heavy atom. The molecule has 0 aromatic carbocycles. The summed E-state index contributed by atoms with van der Waals surface area (Å²) in [6, 6.07) is 0. The molecular formula is C7H6F3N3O2. The Labute approximate surface area is 81.8 Å². The van der Waals surface area contributed by atoms with Crippen molar-refractivity contribution in [3.63, 3.8) is 0 Å². The number of halogens is 3. The number of nitrogens with two attached hydrogens (primary N) is 2. The van der Waals surface area contributed by atoms with Crippen molar-refractivity contribution in [2.75, 3.05) is 5.73 Å². The maximum absolute atomic E-state index is 11.9. The molecule has 0 bridgehead atoms. The van der Waals surface area contributed by atoms with Crippen LogP contribution in [0.4, 0.5) is 18.9 Å². The summed E-state index contributed by atoms with van der Waals surface area (Å²) in [5.41, 5.74) is 9.06. The van der Waals surface area contributed by atoms with Gasteiger partial charge in [0.25, 0.3) is 5.91 Å². The molecule has 82 valence electrons. The highest BCUT2D eigenvalue weighted by atomic mass is 19.4. The lowest BCUT2D eigenvalue weighted by atomic mass is 10.2. The van der Waals surface area contributed by atoms with E-state index in [1.54, 1.807) is 0 Å². The standard InChI is InChI=1S/C7H6F3N3O2/c8-7(9,10)15-5-3(6(12)14)1-13-2-4(5)11/h1-2H,11H2,(H2,12,14). The number of aromatic nitrogens is 1. The van der Waals surface area contributed by atoms with E-state index in [-0.39, 0.29) is 0 Å². The lowest BCUT2D eigenvalue weighted by Crippen LogP contribution is -2.22. The molecule has 1 heterocycles. The molecule has 0 saturated carbocycles. The van der Waals surface area contributed by atoms with Crippen molar-refractivity contribution in [2.24, 2.45) is 5.73 Å². The molecule has 0 saturated heterocycles. The van der Waals surface area contributed by atoms with Crippen LogP contribution in [0.3, 0.4) is 0 Å². The second-order valence-corrected chi connectivity index (χ2v) is 2.52. The highest BCUT2D eigenvalue weighted by Gasteiger charge is 2.33. The van der Waals surface area contributed by atoms with Crippen molar-refractivity contribution < 1.29 is 22.7 Å². The number of anilines is 1. The lowest BCUT2D eigenvalue weighted by molar-refractivity contribution is -0.274. The summed E-state index contributed by atoms with van der Waals surface area (Å²) >= 11 is 0. The van der Waals surface area contributed by atoms with Gasteiger partial charge in [-0.25, -0.2) is 0 Å². The molecule has 1 aromatic rings. The largest absolute Gasteiger partial charge is 0.573 e. The molecule has 0 fully saturated rings. The Kier molecular flexibility index (Phi) is 2.69. The van der Waals surface area contributed by atoms with Crippen molar-refractivity contribution >= 4 is 11.6 Å². The molecule has 8 heteroatoms. The van der Waals surface area contributed by atoms with Crippen LogP contribution in [0.25, 0.3) is 0 Å². The first-order chi connectivity index (χ1) is 6.81. The minimum atomic E-state index is -4.94. The minimum Gasteiger partial charge on any atom is -0.403 e. The molecule has 0 aliphatic rings. The van der Waals surface area contributed by atoms with Crippen LogP contribution >= 0.6 is 0 Å². The number of rotatable bonds is 2. The van der Waals surface area contributed by atoms with Gasteiger partial charge in [-0.05, 0) is 0 Å². The van der Waals surface area contributed by atoms with Gasteiger partial charge in [0.05, 0.1) is 11.9 Å². The predicted octanol–water partition coefficient (Wildman–Crippen LogP) is 0.661. The van der Waals surface area contributed by atoms with Crippen molar-refractivity contribution in [3.05, 3.63) is 18.0 Å². The zero-order chi connectivity index (χ0) is 11.6. The van der Waals surface area contributed by atoms with E-state index >= 15 is 0 Å². The van der Waals surface area contributed by atoms with Crippen molar-refractivity contribution in [2.45, 2.75) is 6.36 Å². The van der Waals surface area contributed by atoms with Crippen LogP contribution in [0, 0.1) is 0 Å². The van der Waals surface area contributed by atoms with E-state index in [0.29, 0.717) is 0 Å². The Morgan fingerprint density at radius 2 is 2.00 bits per heavy atom. The third-order valence-electron chi connectivity index (χ3n) is 1.41. The third kappa shape index (κ3) is 2.73. The van der Waals surface area contributed by atoms with Gasteiger partial charge < -0.3 is 16.2 Å². The molecule has 0 radical (unpaired) electrons. The van der Waals surface area contributed by atoms with E-state index < -0.39 is 29.3 Å². The first-order valence-corrected chi connectivity index (χ1v) is 3.60. The average molecular weight is 221 g/mol. The van der Waals surface area contributed by atoms with E-state index in [2.05, 4.69) is 9.72 Å². The van der Waals surface area contributed by atoms with E-state index in [4.69, 9.17) is 11.5 Å². The van der Waals surface area contributed by atoms with Gasteiger partial charge in [0.1, 0.15) is 5.56 Å². The summed E-state index contributed by atoms with van der Waals surface area (Å²) in [6.45, 7) is 0. The molecule has 1 aromatic heterocycles. The molecule has 0 spiro atoms. The zero-order valence-electron chi connectivity index (χ0n) is 7.21. The Morgan fingerprint density at radius 1 is 1.40 bits per heavy atom. The molecule has 0 atom stereocenters. The van der Waals surface area contributed by atoms with Gasteiger partial charge in [-0.2, -0.15) is 0 Å². The SMILES string of the molecule is NC(=O)c1cncc(N)c1OC(F)(F)F. The summed E-state index contributed by atoms with van der Waals surface area (Å²) < 4.78 is 39.3. The zero-order valence-corrected chi connectivity index (χ0v) is 7.21. The first-order valence-electron chi connectivity index (χ1n) is 3.60. The molecule has 5 nitrogen and oxygen atoms in total. The van der Waals surface area contributed by atoms with E-state index in [1.807, 2.05) is 0 Å². The van der Waals surface area contributed by atoms with Crippen LogP contribution in [0.5, 0.6) is 5.75 Å². The van der Waals surface area contributed by atoms with Crippen molar-refractivity contribution in [1.82, 2.24) is 4.98 Å². The van der Waals surface area contributed by atoms with Crippen LogP contribution in [0.1, 0.15) is 10.4 Å². The number of nitrogen functional groups attached to an aromatic ring is 1. The number of pyridine rings is 1. The van der Waals surface area contributed by atoms with E-state index in [9.17, 15) is 18.0 Å². The number of carbonyl (C=O) groups is 1. The molecule has 1 rings (SSSR count). The minimum absolute atomic E-state index is 0.413. The van der Waals surface area contributed by atoms with Crippen molar-refractivity contribution in [1.29, 1.82) is 0 Å². The maximum Gasteiger partial charge on any atom is 0.573 e. The Hall–Kier alpha value is -1.99. The number of ether oxygens (including phenoxy) is 1. The molecule has 1 amide bonds. The number of alkyl halides is 3. The van der Waals surface area contributed by atoms with Gasteiger partial charge in [0.2, 0.25) is 0 Å². The summed E-state index contributed by atoms with van der Waals surface area (Å²) in [4.78, 5) is 14.2. The molecule has 0 aliphatic heterocycles. The molecule has 15 heavy (non-hydrogen) atoms. The summed E-state index contributed by atoms with van der Waals surface area (Å²) in [7, 11) is 0. The van der Waals surface area contributed by atoms with Gasteiger partial charge in [-0.3, -0.25) is 9.78 Å². The number of primary amides is 1. The quantitative estimate of drug-likeness (QED) is 0.767. The average Bonchev–Trinajstić information content (AvgIpc) is 2.05. The number of nitrogens with zero attached hydrogens (tertiary/aromatic N) is 1. The first kappa shape index (κ1) is 11.1. The van der Waals surface area contributed by atoms with Gasteiger partial charge in [-0.15, -0.1) is 13.2 Å². The lowest BCUT2D eigenvalue weighted by Gasteiger charge is -2.12. The maximum atomic E-state index is 11.9. The molecule has 0 aliphatic carbocycles. The van der Waals surface area contributed by atoms with E-state index in [0.717, 1.165) is 12.4 Å².